The lowest BCUT2D eigenvalue weighted by atomic mass is 9.99. The average molecular weight is 365 g/mol. The predicted octanol–water partition coefficient (Wildman–Crippen LogP) is 5.76. The smallest absolute Gasteiger partial charge is 0.227 e. The molecule has 3 nitrogen and oxygen atoms in total. The number of aryl methyl sites for hydroxylation is 3. The van der Waals surface area contributed by atoms with Crippen LogP contribution in [0.15, 0.2) is 77.5 Å². The molecule has 0 amide bonds. The molecule has 0 radical (unpaired) electrons. The van der Waals surface area contributed by atoms with Gasteiger partial charge in [0.15, 0.2) is 11.8 Å². The van der Waals surface area contributed by atoms with Gasteiger partial charge in [0, 0.05) is 28.6 Å². The summed E-state index contributed by atoms with van der Waals surface area (Å²) < 4.78 is 8.36. The van der Waals surface area contributed by atoms with Crippen molar-refractivity contribution in [1.82, 2.24) is 4.98 Å². The SMILES string of the molecule is Cc1ccc(-c2ccc(-c3c(C)ccc4c3oc3ncccc34)[n+](C)c2)cc1. The molecule has 5 rings (SSSR count). The Morgan fingerprint density at radius 3 is 2.39 bits per heavy atom. The predicted molar refractivity (Wildman–Crippen MR) is 113 cm³/mol. The third-order valence-electron chi connectivity index (χ3n) is 5.40. The zero-order valence-corrected chi connectivity index (χ0v) is 16.2. The minimum Gasteiger partial charge on any atom is -0.437 e. The lowest BCUT2D eigenvalue weighted by Crippen LogP contribution is -2.31. The van der Waals surface area contributed by atoms with Crippen molar-refractivity contribution in [3.8, 4) is 22.4 Å². The van der Waals surface area contributed by atoms with E-state index in [1.54, 1.807) is 6.20 Å². The number of nitrogens with zero attached hydrogens (tertiary/aromatic N) is 2. The van der Waals surface area contributed by atoms with Crippen molar-refractivity contribution in [2.45, 2.75) is 13.8 Å². The van der Waals surface area contributed by atoms with Crippen LogP contribution in [0.5, 0.6) is 0 Å². The molecular formula is C25H21N2O+. The fourth-order valence-corrected chi connectivity index (χ4v) is 3.88. The number of furan rings is 1. The van der Waals surface area contributed by atoms with Crippen LogP contribution in [0.4, 0.5) is 0 Å². The van der Waals surface area contributed by atoms with Crippen LogP contribution in [-0.2, 0) is 7.05 Å². The number of rotatable bonds is 2. The van der Waals surface area contributed by atoms with Crippen molar-refractivity contribution in [2.24, 2.45) is 7.05 Å². The second-order valence-corrected chi connectivity index (χ2v) is 7.37. The summed E-state index contributed by atoms with van der Waals surface area (Å²) in [6.45, 7) is 4.24. The highest BCUT2D eigenvalue weighted by molar-refractivity contribution is 6.08. The molecule has 0 saturated heterocycles. The second-order valence-electron chi connectivity index (χ2n) is 7.37. The first-order chi connectivity index (χ1) is 13.6. The van der Waals surface area contributed by atoms with Gasteiger partial charge in [0.2, 0.25) is 11.4 Å². The summed E-state index contributed by atoms with van der Waals surface area (Å²) in [5.41, 5.74) is 8.69. The summed E-state index contributed by atoms with van der Waals surface area (Å²) >= 11 is 0. The Kier molecular flexibility index (Phi) is 3.76. The molecule has 0 saturated carbocycles. The lowest BCUT2D eigenvalue weighted by molar-refractivity contribution is -0.659. The van der Waals surface area contributed by atoms with E-state index in [4.69, 9.17) is 4.42 Å². The van der Waals surface area contributed by atoms with E-state index in [1.165, 1.54) is 22.3 Å². The number of hydrogen-bond acceptors (Lipinski definition) is 2. The van der Waals surface area contributed by atoms with E-state index in [1.807, 2.05) is 6.07 Å². The first-order valence-corrected chi connectivity index (χ1v) is 9.46. The monoisotopic (exact) mass is 365 g/mol. The van der Waals surface area contributed by atoms with Crippen molar-refractivity contribution in [3.05, 3.63) is 84.2 Å². The van der Waals surface area contributed by atoms with Crippen LogP contribution in [0.2, 0.25) is 0 Å². The Labute approximate surface area is 163 Å². The van der Waals surface area contributed by atoms with Gasteiger partial charge in [-0.3, -0.25) is 0 Å². The quantitative estimate of drug-likeness (QED) is 0.373. The van der Waals surface area contributed by atoms with Gasteiger partial charge in [0.25, 0.3) is 0 Å². The van der Waals surface area contributed by atoms with Crippen molar-refractivity contribution in [2.75, 3.05) is 0 Å². The van der Waals surface area contributed by atoms with Crippen LogP contribution in [0.1, 0.15) is 11.1 Å². The Hall–Kier alpha value is -3.46. The van der Waals surface area contributed by atoms with E-state index in [0.717, 1.165) is 27.6 Å². The van der Waals surface area contributed by atoms with Crippen molar-refractivity contribution in [1.29, 1.82) is 0 Å². The van der Waals surface area contributed by atoms with Crippen LogP contribution in [0, 0.1) is 13.8 Å². The van der Waals surface area contributed by atoms with Gasteiger partial charge in [-0.05, 0) is 43.2 Å². The molecule has 0 aliphatic rings. The molecule has 2 aromatic carbocycles. The molecule has 5 aromatic rings. The van der Waals surface area contributed by atoms with Crippen LogP contribution in [-0.4, -0.2) is 4.98 Å². The lowest BCUT2D eigenvalue weighted by Gasteiger charge is -2.07. The van der Waals surface area contributed by atoms with E-state index < -0.39 is 0 Å². The van der Waals surface area contributed by atoms with Gasteiger partial charge in [0.05, 0.1) is 5.56 Å². The van der Waals surface area contributed by atoms with Crippen molar-refractivity contribution in [3.63, 3.8) is 0 Å². The number of benzene rings is 2. The summed E-state index contributed by atoms with van der Waals surface area (Å²) in [6.07, 6.45) is 3.95. The molecule has 0 N–H and O–H groups in total. The highest BCUT2D eigenvalue weighted by atomic mass is 16.3. The molecule has 0 spiro atoms. The van der Waals surface area contributed by atoms with E-state index in [-0.39, 0.29) is 0 Å². The van der Waals surface area contributed by atoms with Gasteiger partial charge < -0.3 is 4.42 Å². The van der Waals surface area contributed by atoms with Crippen LogP contribution < -0.4 is 4.57 Å². The Balaban J connectivity index is 1.71. The van der Waals surface area contributed by atoms with Gasteiger partial charge >= 0.3 is 0 Å². The third-order valence-corrected chi connectivity index (χ3v) is 5.40. The zero-order valence-electron chi connectivity index (χ0n) is 16.2. The minimum absolute atomic E-state index is 0.684. The molecular weight excluding hydrogens is 344 g/mol. The maximum atomic E-state index is 6.18. The minimum atomic E-state index is 0.684. The summed E-state index contributed by atoms with van der Waals surface area (Å²) in [5, 5.41) is 2.16. The number of aromatic nitrogens is 2. The van der Waals surface area contributed by atoms with E-state index >= 15 is 0 Å². The summed E-state index contributed by atoms with van der Waals surface area (Å²) in [4.78, 5) is 4.39. The second kappa shape index (κ2) is 6.31. The van der Waals surface area contributed by atoms with E-state index in [9.17, 15) is 0 Å². The van der Waals surface area contributed by atoms with Gasteiger partial charge in [-0.2, -0.15) is 0 Å². The molecule has 0 bridgehead atoms. The summed E-state index contributed by atoms with van der Waals surface area (Å²) in [7, 11) is 2.09. The number of fused-ring (bicyclic) bond motifs is 3. The highest BCUT2D eigenvalue weighted by Crippen LogP contribution is 2.36. The van der Waals surface area contributed by atoms with Crippen LogP contribution >= 0.6 is 0 Å². The average Bonchev–Trinajstić information content (AvgIpc) is 3.07. The Morgan fingerprint density at radius 1 is 0.821 bits per heavy atom. The highest BCUT2D eigenvalue weighted by Gasteiger charge is 2.21. The number of hydrogen-bond donors (Lipinski definition) is 0. The standard InChI is InChI=1S/C25H21N2O/c1-16-6-9-18(10-7-16)19-11-13-22(27(3)15-19)23-17(2)8-12-20-21-5-4-14-26-25(21)28-24(20)23/h4-15H,1-3H3/q+1. The maximum absolute atomic E-state index is 6.18. The molecule has 0 aliphatic carbocycles. The molecule has 136 valence electrons. The molecule has 0 atom stereocenters. The van der Waals surface area contributed by atoms with Crippen LogP contribution in [0.3, 0.4) is 0 Å². The summed E-state index contributed by atoms with van der Waals surface area (Å²) in [5.74, 6) is 0. The van der Waals surface area contributed by atoms with Crippen molar-refractivity contribution >= 4 is 22.1 Å². The van der Waals surface area contributed by atoms with Gasteiger partial charge in [0.1, 0.15) is 7.05 Å². The topological polar surface area (TPSA) is 29.9 Å². The van der Waals surface area contributed by atoms with Crippen LogP contribution in [0.25, 0.3) is 44.5 Å². The fourth-order valence-electron chi connectivity index (χ4n) is 3.88. The molecule has 3 aromatic heterocycles. The molecule has 3 heterocycles. The van der Waals surface area contributed by atoms with E-state index in [0.29, 0.717) is 5.71 Å². The first-order valence-electron chi connectivity index (χ1n) is 9.46. The Morgan fingerprint density at radius 2 is 1.61 bits per heavy atom. The molecule has 0 aliphatic heterocycles. The molecule has 0 fully saturated rings. The van der Waals surface area contributed by atoms with E-state index in [2.05, 4.69) is 91.2 Å². The van der Waals surface area contributed by atoms with Gasteiger partial charge in [-0.1, -0.05) is 42.0 Å². The molecule has 28 heavy (non-hydrogen) atoms. The number of pyridine rings is 2. The molecule has 0 unspecified atom stereocenters. The maximum Gasteiger partial charge on any atom is 0.227 e. The normalized spacial score (nSPS) is 11.4. The van der Waals surface area contributed by atoms with Gasteiger partial charge in [-0.15, -0.1) is 0 Å². The van der Waals surface area contributed by atoms with Gasteiger partial charge in [-0.25, -0.2) is 9.55 Å². The first kappa shape index (κ1) is 16.7. The van der Waals surface area contributed by atoms with Crippen molar-refractivity contribution < 1.29 is 8.98 Å². The molecule has 3 heteroatoms. The summed E-state index contributed by atoms with van der Waals surface area (Å²) in [6, 6.07) is 21.3. The Bertz CT molecular complexity index is 1330. The zero-order chi connectivity index (χ0) is 19.3. The third kappa shape index (κ3) is 2.59. The largest absolute Gasteiger partial charge is 0.437 e. The fraction of sp³-hybridized carbons (Fsp3) is 0.120.